The summed E-state index contributed by atoms with van der Waals surface area (Å²) >= 11 is 0. The summed E-state index contributed by atoms with van der Waals surface area (Å²) in [5, 5.41) is 9.30. The van der Waals surface area contributed by atoms with Crippen molar-refractivity contribution in [3.05, 3.63) is 63.5 Å². The summed E-state index contributed by atoms with van der Waals surface area (Å²) in [5.41, 5.74) is -0.290. The van der Waals surface area contributed by atoms with Gasteiger partial charge in [0, 0.05) is 0 Å². The standard InChI is InChI=1S/C13H13N3O3/c17-9-11-7-4-8-14-12(18)15(13(19)16(11)14)10-5-2-1-3-6-10/h1-7,11,17H,8-9H2. The molecule has 19 heavy (non-hydrogen) atoms. The molecule has 0 spiro atoms. The SMILES string of the molecule is O=c1n(-c2ccccc2)c(=O)n2n1CC=CC2CO. The Morgan fingerprint density at radius 2 is 1.89 bits per heavy atom. The highest BCUT2D eigenvalue weighted by atomic mass is 16.3. The van der Waals surface area contributed by atoms with Gasteiger partial charge >= 0.3 is 11.4 Å². The van der Waals surface area contributed by atoms with E-state index in [1.54, 1.807) is 36.4 Å². The number of aliphatic hydroxyl groups excluding tert-OH is 1. The van der Waals surface area contributed by atoms with Gasteiger partial charge in [0.15, 0.2) is 0 Å². The summed E-state index contributed by atoms with van der Waals surface area (Å²) in [7, 11) is 0. The van der Waals surface area contributed by atoms with Crippen LogP contribution < -0.4 is 11.4 Å². The van der Waals surface area contributed by atoms with Crippen LogP contribution in [0.5, 0.6) is 0 Å². The van der Waals surface area contributed by atoms with Crippen molar-refractivity contribution in [2.75, 3.05) is 6.61 Å². The predicted molar refractivity (Wildman–Crippen MR) is 69.6 cm³/mol. The average molecular weight is 259 g/mol. The number of hydrogen-bond donors (Lipinski definition) is 1. The lowest BCUT2D eigenvalue weighted by atomic mass is 10.2. The van der Waals surface area contributed by atoms with Crippen LogP contribution in [-0.2, 0) is 6.54 Å². The van der Waals surface area contributed by atoms with Gasteiger partial charge in [0.25, 0.3) is 0 Å². The molecule has 0 fully saturated rings. The largest absolute Gasteiger partial charge is 0.394 e. The first kappa shape index (κ1) is 11.7. The van der Waals surface area contributed by atoms with Crippen molar-refractivity contribution in [2.24, 2.45) is 0 Å². The van der Waals surface area contributed by atoms with Gasteiger partial charge in [-0.2, -0.15) is 0 Å². The average Bonchev–Trinajstić information content (AvgIpc) is 2.72. The van der Waals surface area contributed by atoms with Crippen LogP contribution in [0, 0.1) is 0 Å². The summed E-state index contributed by atoms with van der Waals surface area (Å²) in [4.78, 5) is 24.7. The zero-order chi connectivity index (χ0) is 13.4. The molecule has 1 aliphatic heterocycles. The molecule has 3 rings (SSSR count). The molecule has 0 radical (unpaired) electrons. The second kappa shape index (κ2) is 4.40. The lowest BCUT2D eigenvalue weighted by Crippen LogP contribution is -2.33. The number of aromatic nitrogens is 3. The van der Waals surface area contributed by atoms with Gasteiger partial charge in [0.2, 0.25) is 0 Å². The van der Waals surface area contributed by atoms with E-state index in [1.807, 2.05) is 6.07 Å². The molecule has 0 saturated heterocycles. The Morgan fingerprint density at radius 1 is 1.16 bits per heavy atom. The van der Waals surface area contributed by atoms with Crippen LogP contribution in [-0.4, -0.2) is 25.6 Å². The van der Waals surface area contributed by atoms with Crippen molar-refractivity contribution < 1.29 is 5.11 Å². The highest BCUT2D eigenvalue weighted by Crippen LogP contribution is 2.10. The van der Waals surface area contributed by atoms with E-state index in [9.17, 15) is 14.7 Å². The van der Waals surface area contributed by atoms with Crippen LogP contribution in [0.3, 0.4) is 0 Å². The maximum absolute atomic E-state index is 12.4. The maximum atomic E-state index is 12.4. The van der Waals surface area contributed by atoms with Crippen molar-refractivity contribution in [3.63, 3.8) is 0 Å². The molecule has 1 unspecified atom stereocenters. The van der Waals surface area contributed by atoms with Crippen LogP contribution in [0.1, 0.15) is 6.04 Å². The minimum atomic E-state index is -0.487. The molecule has 1 aliphatic rings. The first-order valence-electron chi connectivity index (χ1n) is 6.01. The van der Waals surface area contributed by atoms with Crippen LogP contribution in [0.25, 0.3) is 5.69 Å². The van der Waals surface area contributed by atoms with E-state index in [2.05, 4.69) is 0 Å². The predicted octanol–water partition coefficient (Wildman–Crippen LogP) is -0.0961. The molecule has 98 valence electrons. The van der Waals surface area contributed by atoms with E-state index < -0.39 is 11.7 Å². The van der Waals surface area contributed by atoms with Crippen molar-refractivity contribution >= 4 is 0 Å². The summed E-state index contributed by atoms with van der Waals surface area (Å²) < 4.78 is 3.77. The van der Waals surface area contributed by atoms with Crippen LogP contribution in [0.15, 0.2) is 52.1 Å². The van der Waals surface area contributed by atoms with Crippen LogP contribution >= 0.6 is 0 Å². The second-order valence-corrected chi connectivity index (χ2v) is 4.34. The van der Waals surface area contributed by atoms with Crippen LogP contribution in [0.2, 0.25) is 0 Å². The molecule has 2 heterocycles. The van der Waals surface area contributed by atoms with Crippen molar-refractivity contribution in [2.45, 2.75) is 12.6 Å². The fraction of sp³-hybridized carbons (Fsp3) is 0.231. The van der Waals surface area contributed by atoms with Gasteiger partial charge in [-0.05, 0) is 12.1 Å². The first-order valence-corrected chi connectivity index (χ1v) is 6.01. The Balaban J connectivity index is 2.28. The van der Waals surface area contributed by atoms with Crippen molar-refractivity contribution in [1.29, 1.82) is 0 Å². The number of allylic oxidation sites excluding steroid dienone is 1. The molecule has 1 aromatic heterocycles. The summed E-state index contributed by atoms with van der Waals surface area (Å²) in [6, 6.07) is 8.28. The molecule has 6 heteroatoms. The summed E-state index contributed by atoms with van der Waals surface area (Å²) in [6.07, 6.45) is 3.51. The third kappa shape index (κ3) is 1.68. The Morgan fingerprint density at radius 3 is 2.58 bits per heavy atom. The highest BCUT2D eigenvalue weighted by molar-refractivity contribution is 5.30. The van der Waals surface area contributed by atoms with E-state index in [4.69, 9.17) is 0 Å². The lowest BCUT2D eigenvalue weighted by molar-refractivity contribution is 0.223. The van der Waals surface area contributed by atoms with E-state index in [0.29, 0.717) is 12.2 Å². The summed E-state index contributed by atoms with van der Waals surface area (Å²) in [5.74, 6) is 0. The molecule has 6 nitrogen and oxygen atoms in total. The van der Waals surface area contributed by atoms with Gasteiger partial charge in [-0.15, -0.1) is 0 Å². The second-order valence-electron chi connectivity index (χ2n) is 4.34. The topological polar surface area (TPSA) is 69.2 Å². The number of nitrogens with zero attached hydrogens (tertiary/aromatic N) is 3. The molecule has 0 saturated carbocycles. The fourth-order valence-electron chi connectivity index (χ4n) is 2.32. The first-order chi connectivity index (χ1) is 9.24. The monoisotopic (exact) mass is 259 g/mol. The number of fused-ring (bicyclic) bond motifs is 1. The third-order valence-corrected chi connectivity index (χ3v) is 3.21. The number of para-hydroxylation sites is 1. The molecule has 2 aromatic rings. The van der Waals surface area contributed by atoms with Gasteiger partial charge in [-0.3, -0.25) is 0 Å². The molecule has 1 N–H and O–H groups in total. The van der Waals surface area contributed by atoms with Gasteiger partial charge in [0.1, 0.15) is 0 Å². The van der Waals surface area contributed by atoms with Gasteiger partial charge < -0.3 is 5.11 Å². The van der Waals surface area contributed by atoms with E-state index >= 15 is 0 Å². The van der Waals surface area contributed by atoms with Gasteiger partial charge in [-0.1, -0.05) is 30.4 Å². The van der Waals surface area contributed by atoms with Gasteiger partial charge in [-0.25, -0.2) is 23.5 Å². The van der Waals surface area contributed by atoms with E-state index in [0.717, 1.165) is 4.57 Å². The Hall–Kier alpha value is -2.34. The minimum absolute atomic E-state index is 0.214. The molecule has 0 aliphatic carbocycles. The maximum Gasteiger partial charge on any atom is 0.352 e. The smallest absolute Gasteiger partial charge is 0.352 e. The number of aliphatic hydroxyl groups is 1. The summed E-state index contributed by atoms with van der Waals surface area (Å²) in [6.45, 7) is 0.124. The quantitative estimate of drug-likeness (QED) is 0.766. The van der Waals surface area contributed by atoms with Crippen LogP contribution in [0.4, 0.5) is 0 Å². The molecular weight excluding hydrogens is 246 g/mol. The zero-order valence-corrected chi connectivity index (χ0v) is 10.1. The highest BCUT2D eigenvalue weighted by Gasteiger charge is 2.23. The molecular formula is C13H13N3O3. The van der Waals surface area contributed by atoms with Crippen molar-refractivity contribution in [1.82, 2.24) is 13.9 Å². The Kier molecular flexibility index (Phi) is 2.72. The van der Waals surface area contributed by atoms with E-state index in [1.165, 1.54) is 9.36 Å². The third-order valence-electron chi connectivity index (χ3n) is 3.21. The van der Waals surface area contributed by atoms with Crippen molar-refractivity contribution in [3.8, 4) is 5.69 Å². The zero-order valence-electron chi connectivity index (χ0n) is 10.1. The number of benzene rings is 1. The number of hydrogen-bond acceptors (Lipinski definition) is 3. The molecule has 0 bridgehead atoms. The molecule has 0 amide bonds. The number of rotatable bonds is 2. The normalized spacial score (nSPS) is 17.4. The fourth-order valence-corrected chi connectivity index (χ4v) is 2.32. The molecule has 1 aromatic carbocycles. The Bertz CT molecular complexity index is 737. The minimum Gasteiger partial charge on any atom is -0.394 e. The van der Waals surface area contributed by atoms with Gasteiger partial charge in [0.05, 0.1) is 24.9 Å². The lowest BCUT2D eigenvalue weighted by Gasteiger charge is -2.18. The van der Waals surface area contributed by atoms with E-state index in [-0.39, 0.29) is 12.3 Å². The Labute approximate surface area is 108 Å². The molecule has 1 atom stereocenters.